The highest BCUT2D eigenvalue weighted by atomic mass is 35.5. The lowest BCUT2D eigenvalue weighted by atomic mass is 10.1. The van der Waals surface area contributed by atoms with Crippen molar-refractivity contribution < 1.29 is 14.6 Å². The normalized spacial score (nSPS) is 15.5. The Bertz CT molecular complexity index is 302. The molecule has 0 saturated carbocycles. The van der Waals surface area contributed by atoms with Crippen LogP contribution in [0, 0.1) is 5.82 Å². The molecule has 0 amide bonds. The first-order chi connectivity index (χ1) is 6.02. The van der Waals surface area contributed by atoms with Crippen LogP contribution in [-0.4, -0.2) is 16.3 Å². The topological polar surface area (TPSA) is 40.5 Å². The molecule has 1 aromatic rings. The number of benzene rings is 1. The van der Waals surface area contributed by atoms with Gasteiger partial charge >= 0.3 is 0 Å². The van der Waals surface area contributed by atoms with Gasteiger partial charge in [-0.1, -0.05) is 11.6 Å². The van der Waals surface area contributed by atoms with Gasteiger partial charge in [0.1, 0.15) is 11.9 Å². The van der Waals surface area contributed by atoms with Gasteiger partial charge in [-0.3, -0.25) is 0 Å². The second-order valence-electron chi connectivity index (χ2n) is 2.85. The molecule has 0 aliphatic rings. The van der Waals surface area contributed by atoms with Crippen molar-refractivity contribution >= 4 is 11.6 Å². The third-order valence-electron chi connectivity index (χ3n) is 1.73. The van der Waals surface area contributed by atoms with Crippen molar-refractivity contribution in [2.45, 2.75) is 19.1 Å². The van der Waals surface area contributed by atoms with Crippen LogP contribution in [0.4, 0.5) is 4.39 Å². The van der Waals surface area contributed by atoms with Crippen molar-refractivity contribution in [1.29, 1.82) is 0 Å². The molecule has 0 saturated heterocycles. The van der Waals surface area contributed by atoms with E-state index in [9.17, 15) is 9.50 Å². The summed E-state index contributed by atoms with van der Waals surface area (Å²) in [6.07, 6.45) is -2.26. The van der Waals surface area contributed by atoms with Gasteiger partial charge in [-0.25, -0.2) is 4.39 Å². The van der Waals surface area contributed by atoms with Gasteiger partial charge < -0.3 is 10.2 Å². The zero-order valence-corrected chi connectivity index (χ0v) is 7.79. The zero-order chi connectivity index (χ0) is 10.0. The molecule has 1 rings (SSSR count). The fraction of sp³-hybridized carbons (Fsp3) is 0.333. The molecule has 0 aliphatic carbocycles. The van der Waals surface area contributed by atoms with Gasteiger partial charge in [-0.2, -0.15) is 0 Å². The standard InChI is InChI=1S/C9H10ClFO2/c1-5(12)9(13)7-4-6(10)2-3-8(7)11/h2-5,9,12-13H,1H3. The van der Waals surface area contributed by atoms with E-state index < -0.39 is 18.0 Å². The van der Waals surface area contributed by atoms with Crippen molar-refractivity contribution in [3.8, 4) is 0 Å². The Morgan fingerprint density at radius 3 is 2.54 bits per heavy atom. The fourth-order valence-electron chi connectivity index (χ4n) is 1.00. The predicted molar refractivity (Wildman–Crippen MR) is 48.1 cm³/mol. The molecule has 0 radical (unpaired) electrons. The van der Waals surface area contributed by atoms with E-state index in [0.717, 1.165) is 6.07 Å². The number of aliphatic hydroxyl groups is 2. The molecule has 0 spiro atoms. The number of hydrogen-bond donors (Lipinski definition) is 2. The second-order valence-corrected chi connectivity index (χ2v) is 3.29. The maximum absolute atomic E-state index is 13.1. The predicted octanol–water partition coefficient (Wildman–Crippen LogP) is 1.89. The minimum atomic E-state index is -1.24. The van der Waals surface area contributed by atoms with Crippen LogP contribution in [0.2, 0.25) is 5.02 Å². The maximum Gasteiger partial charge on any atom is 0.129 e. The highest BCUT2D eigenvalue weighted by molar-refractivity contribution is 6.30. The molecule has 0 fully saturated rings. The van der Waals surface area contributed by atoms with Crippen molar-refractivity contribution in [1.82, 2.24) is 0 Å². The molecule has 2 nitrogen and oxygen atoms in total. The van der Waals surface area contributed by atoms with Crippen LogP contribution in [0.5, 0.6) is 0 Å². The highest BCUT2D eigenvalue weighted by Crippen LogP contribution is 2.23. The molecule has 2 N–H and O–H groups in total. The average Bonchev–Trinajstić information content (AvgIpc) is 2.08. The van der Waals surface area contributed by atoms with Gasteiger partial charge in [0.15, 0.2) is 0 Å². The Labute approximate surface area is 80.6 Å². The average molecular weight is 205 g/mol. The number of halogens is 2. The van der Waals surface area contributed by atoms with E-state index in [1.807, 2.05) is 0 Å². The molecule has 4 heteroatoms. The van der Waals surface area contributed by atoms with Gasteiger partial charge in [0, 0.05) is 10.6 Å². The van der Waals surface area contributed by atoms with Gasteiger partial charge in [-0.15, -0.1) is 0 Å². The third kappa shape index (κ3) is 2.40. The summed E-state index contributed by atoms with van der Waals surface area (Å²) in [5.41, 5.74) is 0.0162. The van der Waals surface area contributed by atoms with Crippen molar-refractivity contribution in [3.05, 3.63) is 34.6 Å². The Morgan fingerprint density at radius 2 is 2.00 bits per heavy atom. The SMILES string of the molecule is CC(O)C(O)c1cc(Cl)ccc1F. The quantitative estimate of drug-likeness (QED) is 0.773. The van der Waals surface area contributed by atoms with E-state index in [4.69, 9.17) is 16.7 Å². The lowest BCUT2D eigenvalue weighted by molar-refractivity contribution is 0.0283. The molecule has 0 bridgehead atoms. The molecule has 2 atom stereocenters. The summed E-state index contributed by atoms with van der Waals surface area (Å²) in [5, 5.41) is 18.7. The summed E-state index contributed by atoms with van der Waals surface area (Å²) in [6, 6.07) is 3.84. The van der Waals surface area contributed by atoms with E-state index in [1.165, 1.54) is 19.1 Å². The fourth-order valence-corrected chi connectivity index (χ4v) is 1.18. The summed E-state index contributed by atoms with van der Waals surface area (Å²) in [5.74, 6) is -0.571. The monoisotopic (exact) mass is 204 g/mol. The first kappa shape index (κ1) is 10.4. The second kappa shape index (κ2) is 4.05. The van der Waals surface area contributed by atoms with Gasteiger partial charge in [0.2, 0.25) is 0 Å². The molecule has 0 aliphatic heterocycles. The Balaban J connectivity index is 3.05. The van der Waals surface area contributed by atoms with Gasteiger partial charge in [0.25, 0.3) is 0 Å². The number of rotatable bonds is 2. The maximum atomic E-state index is 13.1. The molecular formula is C9H10ClFO2. The van der Waals surface area contributed by atoms with Gasteiger partial charge in [0.05, 0.1) is 6.10 Å². The van der Waals surface area contributed by atoms with Crippen LogP contribution in [0.25, 0.3) is 0 Å². The summed E-state index contributed by atoms with van der Waals surface area (Å²) < 4.78 is 13.1. The molecule has 13 heavy (non-hydrogen) atoms. The van der Waals surface area contributed by atoms with E-state index in [1.54, 1.807) is 0 Å². The third-order valence-corrected chi connectivity index (χ3v) is 1.97. The first-order valence-electron chi connectivity index (χ1n) is 3.83. The summed E-state index contributed by atoms with van der Waals surface area (Å²) >= 11 is 5.61. The van der Waals surface area contributed by atoms with Crippen LogP contribution < -0.4 is 0 Å². The van der Waals surface area contributed by atoms with Gasteiger partial charge in [-0.05, 0) is 25.1 Å². The smallest absolute Gasteiger partial charge is 0.129 e. The lowest BCUT2D eigenvalue weighted by Gasteiger charge is -2.14. The van der Waals surface area contributed by atoms with Crippen molar-refractivity contribution in [3.63, 3.8) is 0 Å². The van der Waals surface area contributed by atoms with Crippen molar-refractivity contribution in [2.75, 3.05) is 0 Å². The molecule has 0 heterocycles. The van der Waals surface area contributed by atoms with E-state index in [2.05, 4.69) is 0 Å². The van der Waals surface area contributed by atoms with Crippen LogP contribution in [0.1, 0.15) is 18.6 Å². The molecular weight excluding hydrogens is 195 g/mol. The number of hydrogen-bond acceptors (Lipinski definition) is 2. The van der Waals surface area contributed by atoms with E-state index >= 15 is 0 Å². The van der Waals surface area contributed by atoms with Crippen molar-refractivity contribution in [2.24, 2.45) is 0 Å². The minimum Gasteiger partial charge on any atom is -0.390 e. The summed E-state index contributed by atoms with van der Waals surface area (Å²) in [4.78, 5) is 0. The lowest BCUT2D eigenvalue weighted by Crippen LogP contribution is -2.15. The minimum absolute atomic E-state index is 0.0162. The van der Waals surface area contributed by atoms with E-state index in [0.29, 0.717) is 5.02 Å². The Hall–Kier alpha value is -0.640. The number of aliphatic hydroxyl groups excluding tert-OH is 2. The van der Waals surface area contributed by atoms with E-state index in [-0.39, 0.29) is 5.56 Å². The van der Waals surface area contributed by atoms with Crippen LogP contribution in [0.15, 0.2) is 18.2 Å². The molecule has 0 aromatic heterocycles. The first-order valence-corrected chi connectivity index (χ1v) is 4.21. The van der Waals surface area contributed by atoms with Crippen LogP contribution in [-0.2, 0) is 0 Å². The Kier molecular flexibility index (Phi) is 3.25. The largest absolute Gasteiger partial charge is 0.390 e. The highest BCUT2D eigenvalue weighted by Gasteiger charge is 2.17. The van der Waals surface area contributed by atoms with Crippen LogP contribution >= 0.6 is 11.6 Å². The summed E-state index contributed by atoms with van der Waals surface area (Å²) in [6.45, 7) is 1.38. The zero-order valence-electron chi connectivity index (χ0n) is 7.04. The molecule has 72 valence electrons. The molecule has 1 aromatic carbocycles. The Morgan fingerprint density at radius 1 is 1.38 bits per heavy atom. The molecule has 2 unspecified atom stereocenters. The van der Waals surface area contributed by atoms with Crippen LogP contribution in [0.3, 0.4) is 0 Å². The summed E-state index contributed by atoms with van der Waals surface area (Å²) in [7, 11) is 0.